The lowest BCUT2D eigenvalue weighted by Crippen LogP contribution is -2.22. The number of hydrogen-bond acceptors (Lipinski definition) is 1. The van der Waals surface area contributed by atoms with Crippen LogP contribution in [0.2, 0.25) is 0 Å². The summed E-state index contributed by atoms with van der Waals surface area (Å²) in [4.78, 5) is 4.26. The number of nitrogens with one attached hydrogen (secondary N) is 1. The Morgan fingerprint density at radius 2 is 2.00 bits per heavy atom. The van der Waals surface area contributed by atoms with Crippen molar-refractivity contribution in [3.63, 3.8) is 0 Å². The topological polar surface area (TPSA) is 24.4 Å². The first-order chi connectivity index (χ1) is 8.31. The molecule has 0 amide bonds. The minimum absolute atomic E-state index is 0.844. The van der Waals surface area contributed by atoms with Gasteiger partial charge in [-0.25, -0.2) is 0 Å². The molecule has 0 atom stereocenters. The molecule has 0 saturated carbocycles. The molecule has 0 aliphatic rings. The van der Waals surface area contributed by atoms with Crippen LogP contribution in [0.15, 0.2) is 71.9 Å². The molecule has 1 aromatic carbocycles. The Morgan fingerprint density at radius 3 is 2.53 bits per heavy atom. The van der Waals surface area contributed by atoms with Gasteiger partial charge in [0.2, 0.25) is 0 Å². The lowest BCUT2D eigenvalue weighted by atomic mass is 10.2. The predicted octanol–water partition coefficient (Wildman–Crippen LogP) is 3.30. The highest BCUT2D eigenvalue weighted by Crippen LogP contribution is 2.02. The third-order valence-corrected chi connectivity index (χ3v) is 2.18. The first-order valence-electron chi connectivity index (χ1n) is 5.56. The standard InChI is InChI=1S/C15H18N2/c1-4-9-14(10-5-2)17-15(16-3)13-11-7-6-8-12-13/h4-12H,1H2,2-3H3,(H,16,17)/b10-5-,14-9+. The Labute approximate surface area is 103 Å². The van der Waals surface area contributed by atoms with Crippen LogP contribution in [-0.4, -0.2) is 12.9 Å². The van der Waals surface area contributed by atoms with E-state index in [1.165, 1.54) is 0 Å². The van der Waals surface area contributed by atoms with Crippen molar-refractivity contribution in [3.05, 3.63) is 72.5 Å². The molecule has 0 aromatic heterocycles. The normalized spacial score (nSPS) is 12.8. The molecule has 0 spiro atoms. The molecule has 2 nitrogen and oxygen atoms in total. The van der Waals surface area contributed by atoms with Gasteiger partial charge in [-0.1, -0.05) is 49.1 Å². The van der Waals surface area contributed by atoms with E-state index in [0.29, 0.717) is 0 Å². The summed E-state index contributed by atoms with van der Waals surface area (Å²) in [5.41, 5.74) is 2.03. The van der Waals surface area contributed by atoms with Crippen molar-refractivity contribution in [2.24, 2.45) is 4.99 Å². The number of hydrogen-bond donors (Lipinski definition) is 1. The summed E-state index contributed by atoms with van der Waals surface area (Å²) >= 11 is 0. The Bertz CT molecular complexity index is 439. The quantitative estimate of drug-likeness (QED) is 0.475. The molecule has 0 aliphatic carbocycles. The molecule has 0 aliphatic heterocycles. The fourth-order valence-electron chi connectivity index (χ4n) is 1.44. The first-order valence-corrected chi connectivity index (χ1v) is 5.56. The van der Waals surface area contributed by atoms with Crippen molar-refractivity contribution in [3.8, 4) is 0 Å². The Morgan fingerprint density at radius 1 is 1.29 bits per heavy atom. The van der Waals surface area contributed by atoms with Crippen LogP contribution in [-0.2, 0) is 0 Å². The minimum atomic E-state index is 0.844. The van der Waals surface area contributed by atoms with Crippen LogP contribution in [0.4, 0.5) is 0 Å². The number of aliphatic imine (C=N–C) groups is 1. The molecule has 0 bridgehead atoms. The van der Waals surface area contributed by atoms with Gasteiger partial charge in [-0.2, -0.15) is 0 Å². The summed E-state index contributed by atoms with van der Waals surface area (Å²) < 4.78 is 0. The average molecular weight is 226 g/mol. The maximum Gasteiger partial charge on any atom is 0.132 e. The number of benzene rings is 1. The lowest BCUT2D eigenvalue weighted by molar-refractivity contribution is 1.15. The van der Waals surface area contributed by atoms with Crippen LogP contribution >= 0.6 is 0 Å². The summed E-state index contributed by atoms with van der Waals surface area (Å²) in [5.74, 6) is 0.844. The summed E-state index contributed by atoms with van der Waals surface area (Å²) in [6.07, 6.45) is 7.62. The van der Waals surface area contributed by atoms with Crippen molar-refractivity contribution < 1.29 is 0 Å². The molecule has 0 saturated heterocycles. The van der Waals surface area contributed by atoms with Gasteiger partial charge in [0.1, 0.15) is 5.84 Å². The summed E-state index contributed by atoms with van der Waals surface area (Å²) in [6.45, 7) is 5.67. The molecular formula is C15H18N2. The molecule has 1 rings (SSSR count). The fraction of sp³-hybridized carbons (Fsp3) is 0.133. The maximum absolute atomic E-state index is 4.26. The lowest BCUT2D eigenvalue weighted by Gasteiger charge is -2.10. The summed E-state index contributed by atoms with van der Waals surface area (Å²) in [7, 11) is 1.77. The highest BCUT2D eigenvalue weighted by Gasteiger charge is 2.01. The van der Waals surface area contributed by atoms with E-state index in [2.05, 4.69) is 16.9 Å². The highest BCUT2D eigenvalue weighted by molar-refractivity contribution is 5.99. The zero-order chi connectivity index (χ0) is 12.5. The second-order valence-corrected chi connectivity index (χ2v) is 3.42. The van der Waals surface area contributed by atoms with Gasteiger partial charge in [-0.15, -0.1) is 0 Å². The van der Waals surface area contributed by atoms with Crippen LogP contribution in [0.1, 0.15) is 12.5 Å². The third kappa shape index (κ3) is 4.11. The van der Waals surface area contributed by atoms with Gasteiger partial charge in [0.25, 0.3) is 0 Å². The molecule has 0 radical (unpaired) electrons. The summed E-state index contributed by atoms with van der Waals surface area (Å²) in [5, 5.41) is 3.27. The molecule has 88 valence electrons. The highest BCUT2D eigenvalue weighted by atomic mass is 15.0. The smallest absolute Gasteiger partial charge is 0.132 e. The van der Waals surface area contributed by atoms with Crippen LogP contribution in [0.25, 0.3) is 0 Å². The monoisotopic (exact) mass is 226 g/mol. The zero-order valence-corrected chi connectivity index (χ0v) is 10.4. The van der Waals surface area contributed by atoms with Gasteiger partial charge in [0, 0.05) is 18.3 Å². The van der Waals surface area contributed by atoms with Crippen molar-refractivity contribution in [2.75, 3.05) is 7.05 Å². The van der Waals surface area contributed by atoms with E-state index < -0.39 is 0 Å². The van der Waals surface area contributed by atoms with E-state index >= 15 is 0 Å². The van der Waals surface area contributed by atoms with Gasteiger partial charge in [0.15, 0.2) is 0 Å². The zero-order valence-electron chi connectivity index (χ0n) is 10.4. The Hall–Kier alpha value is -2.09. The SMILES string of the molecule is C=C/C=C(\C=C/C)NC(=NC)c1ccccc1. The second-order valence-electron chi connectivity index (χ2n) is 3.42. The fourth-order valence-corrected chi connectivity index (χ4v) is 1.44. The molecule has 1 aromatic rings. The van der Waals surface area contributed by atoms with E-state index in [-0.39, 0.29) is 0 Å². The Balaban J connectivity index is 2.91. The van der Waals surface area contributed by atoms with Gasteiger partial charge in [-0.05, 0) is 19.1 Å². The average Bonchev–Trinajstić information content (AvgIpc) is 2.37. The number of rotatable bonds is 4. The van der Waals surface area contributed by atoms with E-state index in [0.717, 1.165) is 17.1 Å². The Kier molecular flexibility index (Phi) is 5.52. The van der Waals surface area contributed by atoms with E-state index in [1.54, 1.807) is 13.1 Å². The van der Waals surface area contributed by atoms with E-state index in [4.69, 9.17) is 0 Å². The molecular weight excluding hydrogens is 208 g/mol. The molecule has 0 fully saturated rings. The van der Waals surface area contributed by atoms with Crippen molar-refractivity contribution in [1.82, 2.24) is 5.32 Å². The predicted molar refractivity (Wildman–Crippen MR) is 75.1 cm³/mol. The van der Waals surface area contributed by atoms with Crippen molar-refractivity contribution in [1.29, 1.82) is 0 Å². The van der Waals surface area contributed by atoms with Crippen LogP contribution < -0.4 is 5.32 Å². The molecule has 2 heteroatoms. The largest absolute Gasteiger partial charge is 0.340 e. The molecule has 1 N–H and O–H groups in total. The van der Waals surface area contributed by atoms with E-state index in [1.807, 2.05) is 55.5 Å². The van der Waals surface area contributed by atoms with Crippen molar-refractivity contribution >= 4 is 5.84 Å². The summed E-state index contributed by atoms with van der Waals surface area (Å²) in [6, 6.07) is 10.0. The number of allylic oxidation sites excluding steroid dienone is 4. The molecule has 0 heterocycles. The number of nitrogens with zero attached hydrogens (tertiary/aromatic N) is 1. The van der Waals surface area contributed by atoms with E-state index in [9.17, 15) is 0 Å². The van der Waals surface area contributed by atoms with Gasteiger partial charge in [0.05, 0.1) is 0 Å². The maximum atomic E-state index is 4.26. The second kappa shape index (κ2) is 7.23. The third-order valence-electron chi connectivity index (χ3n) is 2.18. The van der Waals surface area contributed by atoms with Crippen molar-refractivity contribution in [2.45, 2.75) is 6.92 Å². The minimum Gasteiger partial charge on any atom is -0.340 e. The van der Waals surface area contributed by atoms with Crippen LogP contribution in [0, 0.1) is 0 Å². The first kappa shape index (κ1) is 13.0. The van der Waals surface area contributed by atoms with Gasteiger partial charge in [-0.3, -0.25) is 4.99 Å². The van der Waals surface area contributed by atoms with Gasteiger partial charge >= 0.3 is 0 Å². The number of amidine groups is 1. The van der Waals surface area contributed by atoms with Gasteiger partial charge < -0.3 is 5.32 Å². The van der Waals surface area contributed by atoms with Crippen LogP contribution in [0.5, 0.6) is 0 Å². The molecule has 17 heavy (non-hydrogen) atoms. The van der Waals surface area contributed by atoms with Crippen LogP contribution in [0.3, 0.4) is 0 Å². The molecule has 0 unspecified atom stereocenters.